The third-order valence-corrected chi connectivity index (χ3v) is 15.2. The third-order valence-electron chi connectivity index (χ3n) is 15.2. The molecular weight excluding hydrogens is 567 g/mol. The highest BCUT2D eigenvalue weighted by atomic mass is 15.2. The van der Waals surface area contributed by atoms with Crippen molar-refractivity contribution >= 4 is 12.2 Å². The van der Waals surface area contributed by atoms with Crippen molar-refractivity contribution in [3.8, 4) is 0 Å². The van der Waals surface area contributed by atoms with Gasteiger partial charge in [0.25, 0.3) is 0 Å². The summed E-state index contributed by atoms with van der Waals surface area (Å²) >= 11 is 0. The van der Waals surface area contributed by atoms with Gasteiger partial charge in [-0.2, -0.15) is 0 Å². The minimum Gasteiger partial charge on any atom is -0.342 e. The molecule has 47 heavy (non-hydrogen) atoms. The third kappa shape index (κ3) is 4.83. The van der Waals surface area contributed by atoms with E-state index in [1.54, 1.807) is 17.0 Å². The molecule has 0 saturated heterocycles. The molecule has 2 fully saturated rings. The zero-order valence-corrected chi connectivity index (χ0v) is 29.5. The first-order valence-electron chi connectivity index (χ1n) is 19.5. The molecule has 0 spiro atoms. The van der Waals surface area contributed by atoms with Gasteiger partial charge in [0.2, 0.25) is 0 Å². The van der Waals surface area contributed by atoms with E-state index < -0.39 is 0 Å². The van der Waals surface area contributed by atoms with Crippen LogP contribution in [0.15, 0.2) is 95.9 Å². The highest BCUT2D eigenvalue weighted by Gasteiger charge is 2.55. The van der Waals surface area contributed by atoms with Crippen molar-refractivity contribution in [2.24, 2.45) is 64.1 Å². The monoisotopic (exact) mass is 623 g/mol. The van der Waals surface area contributed by atoms with E-state index in [2.05, 4.69) is 124 Å². The highest BCUT2D eigenvalue weighted by Crippen LogP contribution is 2.62. The number of benzene rings is 1. The normalized spacial score (nSPS) is 40.3. The lowest BCUT2D eigenvalue weighted by molar-refractivity contribution is 0.130. The molecule has 0 aliphatic heterocycles. The number of hydrogen-bond donors (Lipinski definition) is 0. The molecule has 1 nitrogen and oxygen atoms in total. The molecule has 0 N–H and O–H groups in total. The van der Waals surface area contributed by atoms with Crippen molar-refractivity contribution in [3.63, 3.8) is 0 Å². The zero-order valence-electron chi connectivity index (χ0n) is 29.5. The molecule has 0 radical (unpaired) electrons. The van der Waals surface area contributed by atoms with Gasteiger partial charge < -0.3 is 4.90 Å². The van der Waals surface area contributed by atoms with Crippen LogP contribution in [0.25, 0.3) is 12.2 Å². The lowest BCUT2D eigenvalue weighted by atomic mass is 9.68. The maximum absolute atomic E-state index is 2.95. The smallest absolute Gasteiger partial charge is 0.0519 e. The highest BCUT2D eigenvalue weighted by molar-refractivity contribution is 5.49. The van der Waals surface area contributed by atoms with Crippen LogP contribution in [-0.4, -0.2) is 10.9 Å². The first kappa shape index (κ1) is 30.3. The van der Waals surface area contributed by atoms with E-state index >= 15 is 0 Å². The summed E-state index contributed by atoms with van der Waals surface area (Å²) in [4.78, 5) is 2.95. The van der Waals surface area contributed by atoms with Gasteiger partial charge in [-0.05, 0) is 133 Å². The van der Waals surface area contributed by atoms with Crippen LogP contribution in [0.3, 0.4) is 0 Å². The van der Waals surface area contributed by atoms with E-state index in [1.807, 2.05) is 0 Å². The van der Waals surface area contributed by atoms with Gasteiger partial charge in [0.1, 0.15) is 0 Å². The van der Waals surface area contributed by atoms with Gasteiger partial charge in [-0.3, -0.25) is 0 Å². The molecule has 1 heteroatoms. The van der Waals surface area contributed by atoms with Crippen LogP contribution in [0.2, 0.25) is 0 Å². The fourth-order valence-corrected chi connectivity index (χ4v) is 12.6. The first-order valence-corrected chi connectivity index (χ1v) is 19.5. The van der Waals surface area contributed by atoms with E-state index in [1.165, 1.54) is 74.6 Å². The van der Waals surface area contributed by atoms with Crippen LogP contribution in [0, 0.1) is 64.1 Å². The Bertz CT molecular complexity index is 1720. The van der Waals surface area contributed by atoms with Gasteiger partial charge >= 0.3 is 0 Å². The summed E-state index contributed by atoms with van der Waals surface area (Å²) < 4.78 is 0. The molecule has 8 aliphatic rings. The van der Waals surface area contributed by atoms with Crippen LogP contribution in [0.4, 0.5) is 0 Å². The quantitative estimate of drug-likeness (QED) is 0.302. The molecule has 0 heterocycles. The molecule has 8 aliphatic carbocycles. The average Bonchev–Trinajstić information content (AvgIpc) is 3.47. The number of fused-ring (bicyclic) bond motifs is 7. The van der Waals surface area contributed by atoms with Gasteiger partial charge in [0.15, 0.2) is 0 Å². The Morgan fingerprint density at radius 2 is 1.51 bits per heavy atom. The molecule has 0 bridgehead atoms. The number of hydrogen-bond acceptors (Lipinski definition) is 1. The lowest BCUT2D eigenvalue weighted by Gasteiger charge is -2.46. The Kier molecular flexibility index (Phi) is 7.33. The molecule has 0 amide bonds. The predicted octanol–water partition coefficient (Wildman–Crippen LogP) is 9.89. The minimum absolute atomic E-state index is 0.321. The molecule has 10 atom stereocenters. The fraction of sp³-hybridized carbons (Fsp3) is 0.565. The van der Waals surface area contributed by atoms with Crippen molar-refractivity contribution in [1.29, 1.82) is 0 Å². The number of allylic oxidation sites excluding steroid dienone is 11. The maximum atomic E-state index is 2.95. The summed E-state index contributed by atoms with van der Waals surface area (Å²) in [5.74, 6) is 6.38. The fourth-order valence-electron chi connectivity index (χ4n) is 12.6. The zero-order chi connectivity index (χ0) is 31.9. The maximum Gasteiger partial charge on any atom is 0.0519 e. The summed E-state index contributed by atoms with van der Waals surface area (Å²) in [6.45, 7) is 10.4. The Hall–Kier alpha value is -2.80. The van der Waals surface area contributed by atoms with Crippen LogP contribution in [0.5, 0.6) is 0 Å². The molecule has 0 aromatic heterocycles. The Balaban J connectivity index is 1.08. The van der Waals surface area contributed by atoms with Crippen LogP contribution >= 0.6 is 0 Å². The SMILES string of the molecule is CC1(C)C2CC=CC=C2C2C=CC(N(C3=CCC(C4CC=CCC4)CC3)C3=CC4C5C=c6ccccc6=CC5C(C)(C)C4CC3)CC21. The second kappa shape index (κ2) is 11.4. The topological polar surface area (TPSA) is 3.24 Å². The van der Waals surface area contributed by atoms with Gasteiger partial charge in [-0.25, -0.2) is 0 Å². The summed E-state index contributed by atoms with van der Waals surface area (Å²) in [5.41, 5.74) is 5.68. The van der Waals surface area contributed by atoms with E-state index in [4.69, 9.17) is 0 Å². The summed E-state index contributed by atoms with van der Waals surface area (Å²) in [7, 11) is 0. The molecule has 1 aromatic carbocycles. The summed E-state index contributed by atoms with van der Waals surface area (Å²) in [5, 5.41) is 2.91. The number of nitrogens with zero attached hydrogens (tertiary/aromatic N) is 1. The van der Waals surface area contributed by atoms with E-state index in [0.717, 1.165) is 17.8 Å². The van der Waals surface area contributed by atoms with E-state index in [0.29, 0.717) is 52.4 Å². The molecular formula is C46H57N. The van der Waals surface area contributed by atoms with Crippen LogP contribution in [-0.2, 0) is 0 Å². The first-order chi connectivity index (χ1) is 22.8. The second-order valence-corrected chi connectivity index (χ2v) is 17.9. The van der Waals surface area contributed by atoms with Crippen LogP contribution < -0.4 is 10.4 Å². The Labute approximate surface area is 284 Å². The van der Waals surface area contributed by atoms with Crippen molar-refractivity contribution in [2.75, 3.05) is 0 Å². The van der Waals surface area contributed by atoms with Crippen molar-refractivity contribution in [3.05, 3.63) is 106 Å². The Morgan fingerprint density at radius 3 is 2.30 bits per heavy atom. The number of rotatable bonds is 4. The molecule has 9 rings (SSSR count). The predicted molar refractivity (Wildman–Crippen MR) is 197 cm³/mol. The molecule has 2 saturated carbocycles. The second-order valence-electron chi connectivity index (χ2n) is 17.9. The van der Waals surface area contributed by atoms with E-state index in [-0.39, 0.29) is 0 Å². The van der Waals surface area contributed by atoms with Gasteiger partial charge in [0.05, 0.1) is 6.04 Å². The van der Waals surface area contributed by atoms with E-state index in [9.17, 15) is 0 Å². The standard InChI is InChI=1S/C46H57N/c1-45(2)41-17-11-10-16-37(41)38-24-22-36(29-44(38)45)47(34-20-18-31(19-21-34)30-12-6-5-7-13-30)35-23-25-42-40(28-35)39-26-32-14-8-9-15-33(32)27-43(39)46(42,3)4/h5-6,8-11,14-16,20,22,24,26-28,30-31,36,38-44H,7,12-13,17-19,21,23,25,29H2,1-4H3. The largest absolute Gasteiger partial charge is 0.342 e. The van der Waals surface area contributed by atoms with Crippen molar-refractivity contribution in [2.45, 2.75) is 97.9 Å². The van der Waals surface area contributed by atoms with Crippen LogP contribution in [0.1, 0.15) is 91.9 Å². The molecule has 1 aromatic rings. The van der Waals surface area contributed by atoms with Gasteiger partial charge in [0, 0.05) is 17.3 Å². The summed E-state index contributed by atoms with van der Waals surface area (Å²) in [6.07, 6.45) is 41.3. The summed E-state index contributed by atoms with van der Waals surface area (Å²) in [6, 6.07) is 9.61. The minimum atomic E-state index is 0.321. The van der Waals surface area contributed by atoms with Crippen molar-refractivity contribution < 1.29 is 0 Å². The average molecular weight is 624 g/mol. The van der Waals surface area contributed by atoms with Gasteiger partial charge in [-0.1, -0.05) is 124 Å². The molecule has 246 valence electrons. The van der Waals surface area contributed by atoms with Gasteiger partial charge in [-0.15, -0.1) is 0 Å². The lowest BCUT2D eigenvalue weighted by Crippen LogP contribution is -2.42. The Morgan fingerprint density at radius 1 is 0.702 bits per heavy atom. The van der Waals surface area contributed by atoms with Crippen molar-refractivity contribution in [1.82, 2.24) is 4.90 Å². The molecule has 10 unspecified atom stereocenters.